The highest BCUT2D eigenvalue weighted by molar-refractivity contribution is 5.91. The lowest BCUT2D eigenvalue weighted by atomic mass is 10.1. The number of methoxy groups -OCH3 is 1. The number of carbonyl (C=O) groups excluding carboxylic acids is 1. The van der Waals surface area contributed by atoms with Crippen molar-refractivity contribution in [3.63, 3.8) is 0 Å². The highest BCUT2D eigenvalue weighted by atomic mass is 16.5. The monoisotopic (exact) mass is 270 g/mol. The van der Waals surface area contributed by atoms with Gasteiger partial charge in [-0.15, -0.1) is 0 Å². The molecule has 0 bridgehead atoms. The lowest BCUT2D eigenvalue weighted by Gasteiger charge is -2.09. The summed E-state index contributed by atoms with van der Waals surface area (Å²) in [6.45, 7) is 2.03. The summed E-state index contributed by atoms with van der Waals surface area (Å²) in [4.78, 5) is 11.7. The highest BCUT2D eigenvalue weighted by Gasteiger charge is 2.15. The summed E-state index contributed by atoms with van der Waals surface area (Å²) < 4.78 is 6.25. The van der Waals surface area contributed by atoms with E-state index in [1.807, 2.05) is 12.1 Å². The first-order valence-corrected chi connectivity index (χ1v) is 5.97. The molecule has 20 heavy (non-hydrogen) atoms. The number of hydrogen-bond donors (Lipinski definition) is 1. The van der Waals surface area contributed by atoms with Crippen LogP contribution in [0.15, 0.2) is 24.3 Å². The van der Waals surface area contributed by atoms with Crippen molar-refractivity contribution in [2.24, 2.45) is 0 Å². The van der Waals surface area contributed by atoms with Crippen molar-refractivity contribution in [1.29, 1.82) is 5.26 Å². The Kier molecular flexibility index (Phi) is 3.71. The molecular formula is C14H14N4O2. The fourth-order valence-electron chi connectivity index (χ4n) is 1.99. The minimum atomic E-state index is -0.413. The zero-order valence-corrected chi connectivity index (χ0v) is 11.3. The molecule has 102 valence electrons. The molecule has 0 aliphatic rings. The van der Waals surface area contributed by atoms with Gasteiger partial charge in [0.15, 0.2) is 0 Å². The molecule has 0 saturated carbocycles. The second-order valence-corrected chi connectivity index (χ2v) is 4.26. The summed E-state index contributed by atoms with van der Waals surface area (Å²) in [5.41, 5.74) is 8.01. The second kappa shape index (κ2) is 5.45. The van der Waals surface area contributed by atoms with E-state index < -0.39 is 5.97 Å². The number of nitrogens with two attached hydrogens (primary N) is 1. The van der Waals surface area contributed by atoms with Crippen molar-refractivity contribution in [1.82, 2.24) is 9.78 Å². The molecule has 0 unspecified atom stereocenters. The first kappa shape index (κ1) is 13.6. The Balaban J connectivity index is 2.41. The van der Waals surface area contributed by atoms with Gasteiger partial charge in [-0.05, 0) is 18.6 Å². The summed E-state index contributed by atoms with van der Waals surface area (Å²) >= 11 is 0. The molecule has 6 heteroatoms. The van der Waals surface area contributed by atoms with Crippen LogP contribution in [0.3, 0.4) is 0 Å². The summed E-state index contributed by atoms with van der Waals surface area (Å²) in [5, 5.41) is 13.2. The van der Waals surface area contributed by atoms with Crippen molar-refractivity contribution < 1.29 is 9.53 Å². The van der Waals surface area contributed by atoms with Crippen LogP contribution in [0, 0.1) is 18.3 Å². The lowest BCUT2D eigenvalue weighted by Crippen LogP contribution is -2.11. The van der Waals surface area contributed by atoms with Crippen LogP contribution in [-0.2, 0) is 11.3 Å². The third-order valence-electron chi connectivity index (χ3n) is 3.02. The van der Waals surface area contributed by atoms with E-state index in [1.54, 1.807) is 25.1 Å². The van der Waals surface area contributed by atoms with Gasteiger partial charge in [0.2, 0.25) is 0 Å². The predicted molar refractivity (Wildman–Crippen MR) is 73.0 cm³/mol. The van der Waals surface area contributed by atoms with Gasteiger partial charge in [0.25, 0.3) is 0 Å². The van der Waals surface area contributed by atoms with E-state index in [2.05, 4.69) is 5.10 Å². The van der Waals surface area contributed by atoms with Crippen LogP contribution >= 0.6 is 0 Å². The summed E-state index contributed by atoms with van der Waals surface area (Å²) in [6.07, 6.45) is 0. The second-order valence-electron chi connectivity index (χ2n) is 4.26. The van der Waals surface area contributed by atoms with Crippen LogP contribution in [0.2, 0.25) is 0 Å². The van der Waals surface area contributed by atoms with Crippen molar-refractivity contribution in [2.45, 2.75) is 13.5 Å². The molecule has 0 saturated heterocycles. The maximum absolute atomic E-state index is 11.7. The maximum Gasteiger partial charge on any atom is 0.338 e. The smallest absolute Gasteiger partial charge is 0.338 e. The number of aromatic nitrogens is 2. The first-order chi connectivity index (χ1) is 9.58. The van der Waals surface area contributed by atoms with Gasteiger partial charge >= 0.3 is 5.97 Å². The number of ether oxygens (including phenoxy) is 1. The molecule has 6 nitrogen and oxygen atoms in total. The fourth-order valence-corrected chi connectivity index (χ4v) is 1.99. The molecule has 0 aliphatic carbocycles. The van der Waals surface area contributed by atoms with Gasteiger partial charge in [-0.25, -0.2) is 9.48 Å². The van der Waals surface area contributed by atoms with Crippen LogP contribution in [0.1, 0.15) is 27.2 Å². The van der Waals surface area contributed by atoms with E-state index in [4.69, 9.17) is 15.7 Å². The number of nitriles is 1. The van der Waals surface area contributed by atoms with E-state index in [1.165, 1.54) is 11.8 Å². The van der Waals surface area contributed by atoms with Crippen LogP contribution in [0.4, 0.5) is 5.82 Å². The Labute approximate surface area is 116 Å². The molecular weight excluding hydrogens is 256 g/mol. The van der Waals surface area contributed by atoms with Gasteiger partial charge in [-0.3, -0.25) is 0 Å². The number of anilines is 1. The van der Waals surface area contributed by atoms with Gasteiger partial charge in [-0.1, -0.05) is 18.2 Å². The average Bonchev–Trinajstić information content (AvgIpc) is 2.72. The van der Waals surface area contributed by atoms with Crippen molar-refractivity contribution in [3.05, 3.63) is 46.6 Å². The van der Waals surface area contributed by atoms with Crippen LogP contribution in [-0.4, -0.2) is 22.9 Å². The minimum Gasteiger partial charge on any atom is -0.465 e. The number of rotatable bonds is 3. The summed E-state index contributed by atoms with van der Waals surface area (Å²) in [7, 11) is 1.33. The molecule has 2 aromatic rings. The Hall–Kier alpha value is -2.81. The molecule has 1 aromatic heterocycles. The first-order valence-electron chi connectivity index (χ1n) is 5.97. The van der Waals surface area contributed by atoms with Gasteiger partial charge < -0.3 is 10.5 Å². The van der Waals surface area contributed by atoms with Gasteiger partial charge in [0.1, 0.15) is 17.5 Å². The standard InChI is InChI=1S/C14H14N4O2/c1-9-12(7-15)13(16)18(17-9)8-10-5-3-4-6-11(10)14(19)20-2/h3-6H,8,16H2,1-2H3. The third-order valence-corrected chi connectivity index (χ3v) is 3.02. The molecule has 0 fully saturated rings. The highest BCUT2D eigenvalue weighted by Crippen LogP contribution is 2.18. The number of esters is 1. The Morgan fingerprint density at radius 1 is 1.50 bits per heavy atom. The van der Waals surface area contributed by atoms with Crippen molar-refractivity contribution >= 4 is 11.8 Å². The minimum absolute atomic E-state index is 0.296. The molecule has 1 heterocycles. The Morgan fingerprint density at radius 2 is 2.20 bits per heavy atom. The number of benzene rings is 1. The predicted octanol–water partition coefficient (Wildman–Crippen LogP) is 1.48. The average molecular weight is 270 g/mol. The quantitative estimate of drug-likeness (QED) is 0.852. The fraction of sp³-hybridized carbons (Fsp3) is 0.214. The number of carbonyl (C=O) groups is 1. The topological polar surface area (TPSA) is 93.9 Å². The number of hydrogen-bond acceptors (Lipinski definition) is 5. The number of nitrogens with zero attached hydrogens (tertiary/aromatic N) is 3. The number of aryl methyl sites for hydroxylation is 1. The molecule has 0 spiro atoms. The largest absolute Gasteiger partial charge is 0.465 e. The molecule has 0 amide bonds. The summed E-state index contributed by atoms with van der Waals surface area (Å²) in [6, 6.07) is 9.08. The van der Waals surface area contributed by atoms with Crippen molar-refractivity contribution in [3.8, 4) is 6.07 Å². The van der Waals surface area contributed by atoms with Crippen molar-refractivity contribution in [2.75, 3.05) is 12.8 Å². The van der Waals surface area contributed by atoms with E-state index in [0.29, 0.717) is 29.2 Å². The molecule has 2 rings (SSSR count). The van der Waals surface area contributed by atoms with Crippen LogP contribution in [0.5, 0.6) is 0 Å². The van der Waals surface area contributed by atoms with Crippen LogP contribution in [0.25, 0.3) is 0 Å². The van der Waals surface area contributed by atoms with E-state index >= 15 is 0 Å². The molecule has 1 aromatic carbocycles. The SMILES string of the molecule is COC(=O)c1ccccc1Cn1nc(C)c(C#N)c1N. The number of nitrogen functional groups attached to an aromatic ring is 1. The Bertz CT molecular complexity index is 698. The normalized spacial score (nSPS) is 10.1. The molecule has 0 atom stereocenters. The molecule has 0 radical (unpaired) electrons. The zero-order valence-electron chi connectivity index (χ0n) is 11.3. The Morgan fingerprint density at radius 3 is 2.80 bits per heavy atom. The maximum atomic E-state index is 11.7. The molecule has 0 aliphatic heterocycles. The van der Waals surface area contributed by atoms with E-state index in [-0.39, 0.29) is 0 Å². The van der Waals surface area contributed by atoms with Gasteiger partial charge in [0.05, 0.1) is 24.9 Å². The lowest BCUT2D eigenvalue weighted by molar-refractivity contribution is 0.0599. The van der Waals surface area contributed by atoms with E-state index in [0.717, 1.165) is 5.56 Å². The third kappa shape index (κ3) is 2.34. The molecule has 2 N–H and O–H groups in total. The zero-order chi connectivity index (χ0) is 14.7. The van der Waals surface area contributed by atoms with E-state index in [9.17, 15) is 4.79 Å². The van der Waals surface area contributed by atoms with Crippen LogP contribution < -0.4 is 5.73 Å². The summed E-state index contributed by atoms with van der Waals surface area (Å²) in [5.74, 6) is -0.117. The van der Waals surface area contributed by atoms with Gasteiger partial charge in [0, 0.05) is 0 Å². The van der Waals surface area contributed by atoms with Gasteiger partial charge in [-0.2, -0.15) is 10.4 Å².